The predicted octanol–water partition coefficient (Wildman–Crippen LogP) is -12.2. The van der Waals surface area contributed by atoms with Gasteiger partial charge in [-0.1, -0.05) is 0 Å². The number of rotatable bonds is 12. The Morgan fingerprint density at radius 2 is 0.350 bits per heavy atom. The molecule has 34 heteroatoms. The van der Waals surface area contributed by atoms with Gasteiger partial charge in [-0.15, -0.1) is 0 Å². The van der Waals surface area contributed by atoms with Gasteiger partial charge in [0.25, 0.3) is 0 Å². The van der Waals surface area contributed by atoms with Gasteiger partial charge in [0, 0.05) is 0 Å². The molecule has 1 aliphatic rings. The summed E-state index contributed by atoms with van der Waals surface area (Å²) >= 11 is 0. The first-order valence-corrected chi connectivity index (χ1v) is 16.6. The van der Waals surface area contributed by atoms with E-state index in [-0.39, 0.29) is 103 Å². The summed E-state index contributed by atoms with van der Waals surface area (Å²) in [5.74, 6) is 0. The Balaban J connectivity index is -0.00000162. The summed E-state index contributed by atoms with van der Waals surface area (Å²) in [4.78, 5) is 133. The van der Waals surface area contributed by atoms with Crippen molar-refractivity contribution in [2.24, 2.45) is 0 Å². The van der Waals surface area contributed by atoms with Crippen LogP contribution in [0.4, 0.5) is 0 Å². The summed E-state index contributed by atoms with van der Waals surface area (Å²) in [5, 5.41) is 0. The topological polar surface area (TPSA) is 435 Å². The van der Waals surface area contributed by atoms with E-state index in [1.165, 1.54) is 0 Å². The maximum atomic E-state index is 11.1. The zero-order chi connectivity index (χ0) is 28.7. The zero-order valence-electron chi connectivity index (χ0n) is 18.3. The maximum absolute atomic E-state index is 11.1. The first-order chi connectivity index (χ1) is 15.6. The van der Waals surface area contributed by atoms with Crippen LogP contribution in [0.2, 0.25) is 0 Å². The standard InChI is InChI=1S/C6H18O24P6.4In/c7-31(8,9)25-1-2(26-32(10,11)12)4(28-34(16,17)18)6(30-36(22,23)24)5(29-35(19,20)21)3(1)27-33(13,14)15;;;;/h1-6H,(H2,7,8,9)(H2,10,11,12)(H2,13,14,15)(H2,16,17,18)(H2,19,20,21)(H2,22,23,24);;;;/q;4*+3/p-12. The molecule has 0 aromatic heterocycles. The average Bonchev–Trinajstić information content (AvgIpc) is 2.51. The normalized spacial score (nSPS) is 26.4. The molecular weight excluding hydrogens is 1100 g/mol. The Bertz CT molecular complexity index is 837. The van der Waals surface area contributed by atoms with Crippen molar-refractivity contribution >= 4 is 150 Å². The molecule has 24 nitrogen and oxygen atoms in total. The van der Waals surface area contributed by atoms with Gasteiger partial charge in [0.1, 0.15) is 36.6 Å². The third-order valence-electron chi connectivity index (χ3n) is 3.45. The van der Waals surface area contributed by atoms with Crippen LogP contribution in [-0.2, 0) is 54.5 Å². The molecule has 0 radical (unpaired) electrons. The molecule has 0 aromatic carbocycles. The van der Waals surface area contributed by atoms with Crippen LogP contribution in [0.3, 0.4) is 0 Å². The smallest absolute Gasteiger partial charge is 0.790 e. The van der Waals surface area contributed by atoms with Crippen LogP contribution in [-0.4, -0.2) is 140 Å². The second-order valence-electron chi connectivity index (χ2n) is 6.10. The van der Waals surface area contributed by atoms with Crippen molar-refractivity contribution in [2.75, 3.05) is 0 Å². The van der Waals surface area contributed by atoms with Crippen molar-refractivity contribution in [1.82, 2.24) is 0 Å². The molecule has 0 spiro atoms. The quantitative estimate of drug-likeness (QED) is 0.164. The molecule has 1 aliphatic carbocycles. The first kappa shape index (κ1) is 51.0. The molecule has 0 amide bonds. The maximum Gasteiger partial charge on any atom is 3.00 e. The molecule has 0 bridgehead atoms. The molecule has 1 rings (SSSR count). The van der Waals surface area contributed by atoms with Gasteiger partial charge in [0.05, 0.1) is 46.9 Å². The molecule has 216 valence electrons. The molecule has 1 fully saturated rings. The van der Waals surface area contributed by atoms with Gasteiger partial charge in [-0.3, -0.25) is 0 Å². The summed E-state index contributed by atoms with van der Waals surface area (Å²) < 4.78 is 88.3. The Labute approximate surface area is 297 Å². The van der Waals surface area contributed by atoms with Crippen molar-refractivity contribution in [3.05, 3.63) is 0 Å². The van der Waals surface area contributed by atoms with E-state index < -0.39 is 83.6 Å². The van der Waals surface area contributed by atoms with Gasteiger partial charge in [-0.05, 0) is 0 Å². The van der Waals surface area contributed by atoms with Gasteiger partial charge in [-0.25, -0.2) is 0 Å². The predicted molar refractivity (Wildman–Crippen MR) is 97.9 cm³/mol. The fourth-order valence-electron chi connectivity index (χ4n) is 2.74. The van der Waals surface area contributed by atoms with E-state index in [1.807, 2.05) is 0 Å². The molecule has 0 unspecified atom stereocenters. The summed E-state index contributed by atoms with van der Waals surface area (Å²) in [6.07, 6.45) is -21.5. The van der Waals surface area contributed by atoms with Crippen LogP contribution in [0.15, 0.2) is 0 Å². The molecule has 40 heavy (non-hydrogen) atoms. The molecule has 0 atom stereocenters. The van der Waals surface area contributed by atoms with E-state index in [0.29, 0.717) is 0 Å². The van der Waals surface area contributed by atoms with Gasteiger partial charge in [0.2, 0.25) is 0 Å². The summed E-state index contributed by atoms with van der Waals surface area (Å²) in [5.41, 5.74) is 0. The molecular formula is C6H6In4O24P6. The van der Waals surface area contributed by atoms with E-state index in [0.717, 1.165) is 0 Å². The first-order valence-electron chi connectivity index (χ1n) is 7.80. The molecule has 0 aromatic rings. The van der Waals surface area contributed by atoms with Gasteiger partial charge >= 0.3 is 103 Å². The molecule has 0 N–H and O–H groups in total. The third kappa shape index (κ3) is 21.1. The van der Waals surface area contributed by atoms with E-state index in [1.54, 1.807) is 0 Å². The Hall–Kier alpha value is 4.14. The minimum absolute atomic E-state index is 0. The van der Waals surface area contributed by atoms with Gasteiger partial charge < -0.3 is 113 Å². The fraction of sp³-hybridized carbons (Fsp3) is 1.00. The van der Waals surface area contributed by atoms with Crippen molar-refractivity contribution in [2.45, 2.75) is 36.6 Å². The zero-order valence-corrected chi connectivity index (χ0v) is 36.8. The van der Waals surface area contributed by atoms with E-state index in [4.69, 9.17) is 0 Å². The molecule has 0 aliphatic heterocycles. The average molecular weight is 1110 g/mol. The van der Waals surface area contributed by atoms with Crippen LogP contribution >= 0.6 is 46.9 Å². The Morgan fingerprint density at radius 3 is 0.400 bits per heavy atom. The summed E-state index contributed by atoms with van der Waals surface area (Å²) in [6, 6.07) is 0. The van der Waals surface area contributed by atoms with Gasteiger partial charge in [-0.2, -0.15) is 0 Å². The summed E-state index contributed by atoms with van der Waals surface area (Å²) in [7, 11) is -40.1. The Morgan fingerprint density at radius 1 is 0.275 bits per heavy atom. The third-order valence-corrected chi connectivity index (χ3v) is 6.46. The second kappa shape index (κ2) is 18.6. The molecule has 1 saturated carbocycles. The van der Waals surface area contributed by atoms with E-state index >= 15 is 0 Å². The van der Waals surface area contributed by atoms with Crippen LogP contribution in [0.1, 0.15) is 0 Å². The molecule has 0 heterocycles. The van der Waals surface area contributed by atoms with Crippen molar-refractivity contribution in [1.29, 1.82) is 0 Å². The number of hydrogen-bond acceptors (Lipinski definition) is 24. The number of phosphoric acid groups is 6. The largest absolute Gasteiger partial charge is 3.00 e. The van der Waals surface area contributed by atoms with E-state index in [9.17, 15) is 86.1 Å². The number of phosphoric ester groups is 6. The summed E-state index contributed by atoms with van der Waals surface area (Å²) in [6.45, 7) is 0. The van der Waals surface area contributed by atoms with Crippen molar-refractivity contribution in [3.63, 3.8) is 0 Å². The van der Waals surface area contributed by atoms with Crippen LogP contribution < -0.4 is 58.7 Å². The minimum Gasteiger partial charge on any atom is -0.790 e. The van der Waals surface area contributed by atoms with Crippen LogP contribution in [0.5, 0.6) is 0 Å². The van der Waals surface area contributed by atoms with Crippen LogP contribution in [0, 0.1) is 0 Å². The second-order valence-corrected chi connectivity index (χ2v) is 12.7. The monoisotopic (exact) mass is 1110 g/mol. The SMILES string of the molecule is O=P([O-])([O-])OC1C(OP(=O)([O-])[O-])C(OP(=O)([O-])[O-])C(OP(=O)([O-])[O-])C(OP(=O)([O-])[O-])C1OP(=O)([O-])[O-].[In+3].[In+3].[In+3].[In+3]. The minimum atomic E-state index is -6.68. The van der Waals surface area contributed by atoms with Crippen molar-refractivity contribution < 1.29 is 113 Å². The van der Waals surface area contributed by atoms with Crippen molar-refractivity contribution in [3.8, 4) is 0 Å². The number of hydrogen-bond donors (Lipinski definition) is 0. The fourth-order valence-corrected chi connectivity index (χ4v) is 5.96. The van der Waals surface area contributed by atoms with Gasteiger partial charge in [0.15, 0.2) is 0 Å². The van der Waals surface area contributed by atoms with Crippen LogP contribution in [0.25, 0.3) is 0 Å². The Kier molecular flexibility index (Phi) is 23.7. The molecule has 0 saturated heterocycles. The van der Waals surface area contributed by atoms with E-state index in [2.05, 4.69) is 27.1 Å².